The largest absolute Gasteiger partial charge is 0.467 e. The minimum Gasteiger partial charge on any atom is -0.467 e. The number of aromatic nitrogens is 2. The number of hydrogen-bond donors (Lipinski definition) is 0. The van der Waals surface area contributed by atoms with Crippen molar-refractivity contribution in [2.45, 2.75) is 26.3 Å². The molecule has 6 heteroatoms. The Morgan fingerprint density at radius 1 is 1.36 bits per heavy atom. The zero-order valence-corrected chi connectivity index (χ0v) is 13.0. The molecule has 2 aromatic heterocycles. The van der Waals surface area contributed by atoms with Gasteiger partial charge in [0.15, 0.2) is 0 Å². The van der Waals surface area contributed by atoms with Gasteiger partial charge in [-0.25, -0.2) is 9.97 Å². The Morgan fingerprint density at radius 3 is 2.82 bits per heavy atom. The number of nitrogens with zero attached hydrogens (tertiary/aromatic N) is 4. The number of rotatable bonds is 4. The van der Waals surface area contributed by atoms with E-state index in [1.54, 1.807) is 24.3 Å². The second-order valence-corrected chi connectivity index (χ2v) is 5.63. The minimum atomic E-state index is -0.123. The highest BCUT2D eigenvalue weighted by Gasteiger charge is 2.20. The number of amides is 1. The molecular formula is C16H20N4O2. The van der Waals surface area contributed by atoms with Gasteiger partial charge in [-0.1, -0.05) is 0 Å². The monoisotopic (exact) mass is 300 g/mol. The summed E-state index contributed by atoms with van der Waals surface area (Å²) in [6.07, 6.45) is 3.91. The molecule has 1 saturated heterocycles. The molecule has 0 aromatic carbocycles. The third-order valence-corrected chi connectivity index (χ3v) is 3.77. The van der Waals surface area contributed by atoms with Crippen molar-refractivity contribution in [2.75, 3.05) is 25.0 Å². The number of carbonyl (C=O) groups excluding carboxylic acids is 1. The predicted molar refractivity (Wildman–Crippen MR) is 82.7 cm³/mol. The van der Waals surface area contributed by atoms with Gasteiger partial charge in [-0.3, -0.25) is 4.79 Å². The molecule has 0 radical (unpaired) electrons. The molecule has 1 aliphatic rings. The lowest BCUT2D eigenvalue weighted by atomic mass is 10.3. The maximum atomic E-state index is 12.6. The summed E-state index contributed by atoms with van der Waals surface area (Å²) in [5.74, 6) is 1.29. The van der Waals surface area contributed by atoms with Crippen molar-refractivity contribution in [3.63, 3.8) is 0 Å². The molecule has 1 fully saturated rings. The van der Waals surface area contributed by atoms with Gasteiger partial charge in [-0.2, -0.15) is 0 Å². The molecule has 116 valence electrons. The van der Waals surface area contributed by atoms with Crippen molar-refractivity contribution in [2.24, 2.45) is 0 Å². The van der Waals surface area contributed by atoms with Crippen molar-refractivity contribution >= 4 is 11.9 Å². The van der Waals surface area contributed by atoms with Gasteiger partial charge in [0.1, 0.15) is 11.5 Å². The van der Waals surface area contributed by atoms with E-state index >= 15 is 0 Å². The van der Waals surface area contributed by atoms with Crippen molar-refractivity contribution < 1.29 is 9.21 Å². The van der Waals surface area contributed by atoms with Gasteiger partial charge in [0, 0.05) is 25.8 Å². The number of carbonyl (C=O) groups is 1. The lowest BCUT2D eigenvalue weighted by molar-refractivity contribution is 0.0769. The van der Waals surface area contributed by atoms with Crippen LogP contribution in [0, 0.1) is 6.92 Å². The SMILES string of the molecule is Cc1cc(C(=O)N(C)Cc2ccco2)nc(N2CCCC2)n1. The smallest absolute Gasteiger partial charge is 0.272 e. The summed E-state index contributed by atoms with van der Waals surface area (Å²) < 4.78 is 5.28. The van der Waals surface area contributed by atoms with Gasteiger partial charge in [0.2, 0.25) is 5.95 Å². The number of aryl methyl sites for hydroxylation is 1. The van der Waals surface area contributed by atoms with Crippen LogP contribution in [-0.2, 0) is 6.54 Å². The first-order valence-corrected chi connectivity index (χ1v) is 7.52. The van der Waals surface area contributed by atoms with Crippen LogP contribution in [0.25, 0.3) is 0 Å². The standard InChI is InChI=1S/C16H20N4O2/c1-12-10-14(18-16(17-12)20-7-3-4-8-20)15(21)19(2)11-13-6-5-9-22-13/h5-6,9-10H,3-4,7-8,11H2,1-2H3. The van der Waals surface area contributed by atoms with E-state index in [1.807, 2.05) is 19.1 Å². The lowest BCUT2D eigenvalue weighted by Crippen LogP contribution is -2.28. The van der Waals surface area contributed by atoms with Crippen LogP contribution in [0.2, 0.25) is 0 Å². The van der Waals surface area contributed by atoms with Crippen molar-refractivity contribution in [1.82, 2.24) is 14.9 Å². The van der Waals surface area contributed by atoms with Crippen molar-refractivity contribution in [3.05, 3.63) is 41.6 Å². The fourth-order valence-electron chi connectivity index (χ4n) is 2.62. The highest BCUT2D eigenvalue weighted by Crippen LogP contribution is 2.17. The first-order chi connectivity index (χ1) is 10.6. The maximum absolute atomic E-state index is 12.6. The zero-order valence-electron chi connectivity index (χ0n) is 13.0. The molecule has 1 amide bonds. The molecule has 6 nitrogen and oxygen atoms in total. The van der Waals surface area contributed by atoms with Gasteiger partial charge in [0.05, 0.1) is 12.8 Å². The highest BCUT2D eigenvalue weighted by molar-refractivity contribution is 5.92. The molecule has 0 bridgehead atoms. The molecule has 3 rings (SSSR count). The number of hydrogen-bond acceptors (Lipinski definition) is 5. The molecule has 0 atom stereocenters. The van der Waals surface area contributed by atoms with Crippen molar-refractivity contribution in [1.29, 1.82) is 0 Å². The van der Waals surface area contributed by atoms with Crippen LogP contribution in [0.5, 0.6) is 0 Å². The summed E-state index contributed by atoms with van der Waals surface area (Å²) in [6.45, 7) is 4.23. The third kappa shape index (κ3) is 3.10. The van der Waals surface area contributed by atoms with Crippen LogP contribution in [0.15, 0.2) is 28.9 Å². The van der Waals surface area contributed by atoms with E-state index in [9.17, 15) is 4.79 Å². The van der Waals surface area contributed by atoms with Crippen LogP contribution in [0.3, 0.4) is 0 Å². The average Bonchev–Trinajstić information content (AvgIpc) is 3.19. The fraction of sp³-hybridized carbons (Fsp3) is 0.438. The molecule has 0 spiro atoms. The molecule has 0 saturated carbocycles. The fourth-order valence-corrected chi connectivity index (χ4v) is 2.62. The van der Waals surface area contributed by atoms with E-state index in [2.05, 4.69) is 14.9 Å². The van der Waals surface area contributed by atoms with Crippen LogP contribution in [-0.4, -0.2) is 40.9 Å². The Balaban J connectivity index is 1.79. The summed E-state index contributed by atoms with van der Waals surface area (Å²) in [5, 5.41) is 0. The molecule has 3 heterocycles. The summed E-state index contributed by atoms with van der Waals surface area (Å²) in [6, 6.07) is 5.40. The van der Waals surface area contributed by atoms with E-state index in [0.717, 1.165) is 37.4 Å². The van der Waals surface area contributed by atoms with Crippen LogP contribution in [0.1, 0.15) is 34.8 Å². The van der Waals surface area contributed by atoms with Gasteiger partial charge in [-0.05, 0) is 38.0 Å². The van der Waals surface area contributed by atoms with E-state index in [-0.39, 0.29) is 5.91 Å². The summed E-state index contributed by atoms with van der Waals surface area (Å²) in [5.41, 5.74) is 1.25. The summed E-state index contributed by atoms with van der Waals surface area (Å²) in [7, 11) is 1.75. The molecule has 22 heavy (non-hydrogen) atoms. The minimum absolute atomic E-state index is 0.123. The van der Waals surface area contributed by atoms with E-state index in [4.69, 9.17) is 4.42 Å². The van der Waals surface area contributed by atoms with Gasteiger partial charge < -0.3 is 14.2 Å². The molecular weight excluding hydrogens is 280 g/mol. The Morgan fingerprint density at radius 2 is 2.14 bits per heavy atom. The average molecular weight is 300 g/mol. The normalized spacial score (nSPS) is 14.4. The van der Waals surface area contributed by atoms with Gasteiger partial charge in [0.25, 0.3) is 5.91 Å². The second-order valence-electron chi connectivity index (χ2n) is 5.63. The first-order valence-electron chi connectivity index (χ1n) is 7.52. The highest BCUT2D eigenvalue weighted by atomic mass is 16.3. The predicted octanol–water partition coefficient (Wildman–Crippen LogP) is 2.25. The summed E-state index contributed by atoms with van der Waals surface area (Å²) in [4.78, 5) is 25.2. The van der Waals surface area contributed by atoms with Crippen LogP contribution >= 0.6 is 0 Å². The molecule has 1 aliphatic heterocycles. The van der Waals surface area contributed by atoms with E-state index in [1.165, 1.54) is 0 Å². The molecule has 2 aromatic rings. The quantitative estimate of drug-likeness (QED) is 0.866. The molecule has 0 unspecified atom stereocenters. The third-order valence-electron chi connectivity index (χ3n) is 3.77. The van der Waals surface area contributed by atoms with Gasteiger partial charge in [-0.15, -0.1) is 0 Å². The van der Waals surface area contributed by atoms with E-state index < -0.39 is 0 Å². The Kier molecular flexibility index (Phi) is 4.09. The molecule has 0 aliphatic carbocycles. The lowest BCUT2D eigenvalue weighted by Gasteiger charge is -2.19. The number of anilines is 1. The van der Waals surface area contributed by atoms with Crippen LogP contribution in [0.4, 0.5) is 5.95 Å². The van der Waals surface area contributed by atoms with Crippen molar-refractivity contribution in [3.8, 4) is 0 Å². The number of furan rings is 1. The first kappa shape index (κ1) is 14.6. The van der Waals surface area contributed by atoms with E-state index in [0.29, 0.717) is 18.2 Å². The topological polar surface area (TPSA) is 62.5 Å². The van der Waals surface area contributed by atoms with Crippen LogP contribution < -0.4 is 4.90 Å². The summed E-state index contributed by atoms with van der Waals surface area (Å²) >= 11 is 0. The Hall–Kier alpha value is -2.37. The Bertz CT molecular complexity index is 648. The zero-order chi connectivity index (χ0) is 15.5. The second kappa shape index (κ2) is 6.17. The molecule has 0 N–H and O–H groups in total. The van der Waals surface area contributed by atoms with Gasteiger partial charge >= 0.3 is 0 Å². The maximum Gasteiger partial charge on any atom is 0.272 e. The Labute approximate surface area is 129 Å².